The maximum absolute atomic E-state index is 12.2. The van der Waals surface area contributed by atoms with Crippen LogP contribution in [0.3, 0.4) is 0 Å². The van der Waals surface area contributed by atoms with Gasteiger partial charge in [0.25, 0.3) is 0 Å². The van der Waals surface area contributed by atoms with E-state index < -0.39 is 24.6 Å². The van der Waals surface area contributed by atoms with E-state index in [1.54, 1.807) is 0 Å². The zero-order valence-electron chi connectivity index (χ0n) is 11.7. The van der Waals surface area contributed by atoms with Crippen LogP contribution in [-0.4, -0.2) is 40.8 Å². The second kappa shape index (κ2) is 5.92. The number of hydrogen-bond donors (Lipinski definition) is 1. The van der Waals surface area contributed by atoms with Crippen LogP contribution in [0.25, 0.3) is 0 Å². The van der Waals surface area contributed by atoms with Crippen LogP contribution >= 0.6 is 0 Å². The number of rotatable bonds is 5. The van der Waals surface area contributed by atoms with Gasteiger partial charge in [-0.25, -0.2) is 0 Å². The van der Waals surface area contributed by atoms with Crippen LogP contribution < -0.4 is 0 Å². The van der Waals surface area contributed by atoms with Crippen molar-refractivity contribution in [2.24, 2.45) is 11.8 Å². The lowest BCUT2D eigenvalue weighted by atomic mass is 9.94. The molecule has 1 N–H and O–H groups in total. The van der Waals surface area contributed by atoms with Gasteiger partial charge in [-0.2, -0.15) is 13.2 Å². The quantitative estimate of drug-likeness (QED) is 0.845. The number of likely N-dealkylation sites (tertiary alicyclic amines) is 1. The summed E-state index contributed by atoms with van der Waals surface area (Å²) in [6.45, 7) is 2.59. The number of nitrogens with zero attached hydrogens (tertiary/aromatic N) is 1. The normalized spacial score (nSPS) is 32.3. The Hall–Kier alpha value is -0.780. The molecule has 0 aromatic carbocycles. The summed E-state index contributed by atoms with van der Waals surface area (Å²) in [4.78, 5) is 13.4. The third-order valence-electron chi connectivity index (χ3n) is 4.83. The number of carboxylic acid groups (broad SMARTS) is 1. The van der Waals surface area contributed by atoms with Gasteiger partial charge in [-0.15, -0.1) is 0 Å². The SMILES string of the molecule is CC(CCCC(F)(F)F)N1CC2CCCC2C1C(=O)O. The summed E-state index contributed by atoms with van der Waals surface area (Å²) >= 11 is 0. The monoisotopic (exact) mass is 293 g/mol. The van der Waals surface area contributed by atoms with E-state index in [-0.39, 0.29) is 18.4 Å². The molecule has 0 aromatic rings. The smallest absolute Gasteiger partial charge is 0.389 e. The van der Waals surface area contributed by atoms with E-state index in [9.17, 15) is 23.1 Å². The second-order valence-electron chi connectivity index (χ2n) is 6.19. The first kappa shape index (κ1) is 15.6. The molecular weight excluding hydrogens is 271 g/mol. The zero-order valence-corrected chi connectivity index (χ0v) is 11.7. The molecule has 1 saturated heterocycles. The van der Waals surface area contributed by atoms with Crippen molar-refractivity contribution in [2.45, 2.75) is 63.7 Å². The van der Waals surface area contributed by atoms with Gasteiger partial charge in [-0.3, -0.25) is 9.69 Å². The van der Waals surface area contributed by atoms with E-state index in [0.29, 0.717) is 12.3 Å². The van der Waals surface area contributed by atoms with E-state index in [1.165, 1.54) is 0 Å². The summed E-state index contributed by atoms with van der Waals surface area (Å²) in [6, 6.07) is -0.590. The summed E-state index contributed by atoms with van der Waals surface area (Å²) in [5.74, 6) is -0.208. The summed E-state index contributed by atoms with van der Waals surface area (Å²) in [6.07, 6.45) is -1.35. The Kier molecular flexibility index (Phi) is 4.62. The number of hydrogen-bond acceptors (Lipinski definition) is 2. The number of carboxylic acids is 1. The van der Waals surface area contributed by atoms with Crippen LogP contribution in [-0.2, 0) is 4.79 Å². The number of fused-ring (bicyclic) bond motifs is 1. The highest BCUT2D eigenvalue weighted by Gasteiger charge is 2.48. The minimum absolute atomic E-state index is 0.0723. The molecule has 116 valence electrons. The fourth-order valence-electron chi connectivity index (χ4n) is 3.88. The molecule has 0 spiro atoms. The molecule has 1 aliphatic carbocycles. The summed E-state index contributed by atoms with van der Waals surface area (Å²) in [5.41, 5.74) is 0. The Morgan fingerprint density at radius 3 is 2.70 bits per heavy atom. The summed E-state index contributed by atoms with van der Waals surface area (Å²) < 4.78 is 36.5. The lowest BCUT2D eigenvalue weighted by Crippen LogP contribution is -2.44. The van der Waals surface area contributed by atoms with Gasteiger partial charge in [-0.1, -0.05) is 6.42 Å². The lowest BCUT2D eigenvalue weighted by Gasteiger charge is -2.30. The average Bonchev–Trinajstić information content (AvgIpc) is 2.84. The van der Waals surface area contributed by atoms with E-state index in [0.717, 1.165) is 25.8 Å². The Labute approximate surface area is 117 Å². The molecule has 1 heterocycles. The van der Waals surface area contributed by atoms with E-state index in [2.05, 4.69) is 0 Å². The molecule has 0 aromatic heterocycles. The molecule has 2 fully saturated rings. The molecule has 4 unspecified atom stereocenters. The number of aliphatic carboxylic acids is 1. The van der Waals surface area contributed by atoms with Gasteiger partial charge in [0.15, 0.2) is 0 Å². The van der Waals surface area contributed by atoms with E-state index in [1.807, 2.05) is 11.8 Å². The third-order valence-corrected chi connectivity index (χ3v) is 4.83. The topological polar surface area (TPSA) is 40.5 Å². The largest absolute Gasteiger partial charge is 0.480 e. The van der Waals surface area contributed by atoms with Crippen LogP contribution in [0.4, 0.5) is 13.2 Å². The Bertz CT molecular complexity index is 359. The Balaban J connectivity index is 1.91. The molecule has 0 radical (unpaired) electrons. The van der Waals surface area contributed by atoms with Crippen molar-refractivity contribution < 1.29 is 23.1 Å². The van der Waals surface area contributed by atoms with Crippen LogP contribution in [0.2, 0.25) is 0 Å². The molecule has 6 heteroatoms. The standard InChI is InChI=1S/C14H22F3NO2/c1-9(4-3-7-14(15,16)17)18-8-10-5-2-6-11(10)12(18)13(19)20/h9-12H,2-8H2,1H3,(H,19,20). The Morgan fingerprint density at radius 1 is 1.40 bits per heavy atom. The average molecular weight is 293 g/mol. The summed E-state index contributed by atoms with van der Waals surface area (Å²) in [7, 11) is 0. The second-order valence-corrected chi connectivity index (χ2v) is 6.19. The van der Waals surface area contributed by atoms with Crippen LogP contribution in [0.15, 0.2) is 0 Å². The predicted octanol–water partition coefficient (Wildman–Crippen LogP) is 3.29. The first-order chi connectivity index (χ1) is 9.29. The number of carbonyl (C=O) groups is 1. The fraction of sp³-hybridized carbons (Fsp3) is 0.929. The fourth-order valence-corrected chi connectivity index (χ4v) is 3.88. The molecule has 1 saturated carbocycles. The molecule has 2 aliphatic rings. The van der Waals surface area contributed by atoms with Crippen molar-refractivity contribution in [1.29, 1.82) is 0 Å². The molecule has 0 amide bonds. The first-order valence-electron chi connectivity index (χ1n) is 7.35. The van der Waals surface area contributed by atoms with Gasteiger partial charge < -0.3 is 5.11 Å². The molecule has 3 nitrogen and oxygen atoms in total. The predicted molar refractivity (Wildman–Crippen MR) is 68.3 cm³/mol. The highest BCUT2D eigenvalue weighted by atomic mass is 19.4. The van der Waals surface area contributed by atoms with Crippen molar-refractivity contribution >= 4 is 5.97 Å². The van der Waals surface area contributed by atoms with Crippen molar-refractivity contribution in [2.75, 3.05) is 6.54 Å². The molecular formula is C14H22F3NO2. The van der Waals surface area contributed by atoms with E-state index >= 15 is 0 Å². The van der Waals surface area contributed by atoms with Crippen LogP contribution in [0.5, 0.6) is 0 Å². The molecule has 1 aliphatic heterocycles. The van der Waals surface area contributed by atoms with Gasteiger partial charge in [0.2, 0.25) is 0 Å². The maximum Gasteiger partial charge on any atom is 0.389 e. The van der Waals surface area contributed by atoms with Gasteiger partial charge in [0.1, 0.15) is 6.04 Å². The lowest BCUT2D eigenvalue weighted by molar-refractivity contribution is -0.145. The number of alkyl halides is 3. The van der Waals surface area contributed by atoms with Gasteiger partial charge in [0.05, 0.1) is 0 Å². The van der Waals surface area contributed by atoms with Crippen molar-refractivity contribution in [3.63, 3.8) is 0 Å². The number of halogens is 3. The van der Waals surface area contributed by atoms with Gasteiger partial charge in [0, 0.05) is 19.0 Å². The molecule has 4 atom stereocenters. The van der Waals surface area contributed by atoms with Crippen LogP contribution in [0, 0.1) is 11.8 Å². The molecule has 2 rings (SSSR count). The van der Waals surface area contributed by atoms with Crippen molar-refractivity contribution in [3.8, 4) is 0 Å². The zero-order chi connectivity index (χ0) is 14.9. The van der Waals surface area contributed by atoms with Crippen LogP contribution in [0.1, 0.15) is 45.4 Å². The Morgan fingerprint density at radius 2 is 2.10 bits per heavy atom. The highest BCUT2D eigenvalue weighted by molar-refractivity contribution is 5.74. The minimum atomic E-state index is -4.12. The minimum Gasteiger partial charge on any atom is -0.480 e. The first-order valence-corrected chi connectivity index (χ1v) is 7.35. The van der Waals surface area contributed by atoms with Crippen molar-refractivity contribution in [3.05, 3.63) is 0 Å². The molecule has 0 bridgehead atoms. The summed E-state index contributed by atoms with van der Waals surface area (Å²) in [5, 5.41) is 9.41. The third kappa shape index (κ3) is 3.45. The highest BCUT2D eigenvalue weighted by Crippen LogP contribution is 2.43. The van der Waals surface area contributed by atoms with E-state index in [4.69, 9.17) is 0 Å². The van der Waals surface area contributed by atoms with Gasteiger partial charge >= 0.3 is 12.1 Å². The van der Waals surface area contributed by atoms with Gasteiger partial charge in [-0.05, 0) is 44.4 Å². The molecule has 20 heavy (non-hydrogen) atoms. The van der Waals surface area contributed by atoms with Crippen molar-refractivity contribution in [1.82, 2.24) is 4.90 Å². The maximum atomic E-state index is 12.2.